The number of carbonyl (C=O) groups excluding carboxylic acids is 1. The van der Waals surface area contributed by atoms with Crippen LogP contribution in [0, 0.1) is 5.92 Å². The Morgan fingerprint density at radius 1 is 1.32 bits per heavy atom. The summed E-state index contributed by atoms with van der Waals surface area (Å²) in [7, 11) is -1.44. The molecule has 0 radical (unpaired) electrons. The average Bonchev–Trinajstić information content (AvgIpc) is 3.45. The van der Waals surface area contributed by atoms with Crippen molar-refractivity contribution in [2.24, 2.45) is 5.92 Å². The molecule has 11 heteroatoms. The van der Waals surface area contributed by atoms with Gasteiger partial charge >= 0.3 is 0 Å². The summed E-state index contributed by atoms with van der Waals surface area (Å²) in [6.45, 7) is 0.939. The zero-order valence-electron chi connectivity index (χ0n) is 19.0. The van der Waals surface area contributed by atoms with Crippen LogP contribution in [-0.2, 0) is 27.7 Å². The number of sulfone groups is 1. The molecule has 9 nitrogen and oxygen atoms in total. The van der Waals surface area contributed by atoms with Gasteiger partial charge in [-0.15, -0.1) is 11.3 Å². The normalized spacial score (nSPS) is 18.3. The monoisotopic (exact) mass is 505 g/mol. The van der Waals surface area contributed by atoms with Gasteiger partial charge in [-0.05, 0) is 48.3 Å². The van der Waals surface area contributed by atoms with Gasteiger partial charge in [-0.3, -0.25) is 9.59 Å². The Morgan fingerprint density at radius 3 is 2.88 bits per heavy atom. The van der Waals surface area contributed by atoms with Gasteiger partial charge in [0.2, 0.25) is 5.82 Å². The van der Waals surface area contributed by atoms with Gasteiger partial charge in [0.15, 0.2) is 0 Å². The van der Waals surface area contributed by atoms with Crippen LogP contribution < -0.4 is 15.6 Å². The number of H-pyrrole nitrogens is 1. The van der Waals surface area contributed by atoms with Gasteiger partial charge in [0.05, 0.1) is 24.4 Å². The average molecular weight is 506 g/mol. The maximum atomic E-state index is 12.7. The predicted molar refractivity (Wildman–Crippen MR) is 130 cm³/mol. The van der Waals surface area contributed by atoms with Crippen LogP contribution in [-0.4, -0.2) is 49.5 Å². The van der Waals surface area contributed by atoms with Crippen LogP contribution in [0.25, 0.3) is 10.2 Å². The molecule has 1 fully saturated rings. The van der Waals surface area contributed by atoms with Crippen molar-refractivity contribution >= 4 is 37.3 Å². The number of amides is 1. The van der Waals surface area contributed by atoms with Crippen LogP contribution >= 0.6 is 11.3 Å². The van der Waals surface area contributed by atoms with Gasteiger partial charge in [-0.2, -0.15) is 0 Å². The topological polar surface area (TPSA) is 127 Å². The number of hydrogen-bond acceptors (Lipinski definition) is 8. The summed E-state index contributed by atoms with van der Waals surface area (Å²) in [6, 6.07) is 7.33. The highest BCUT2D eigenvalue weighted by atomic mass is 32.2. The zero-order valence-corrected chi connectivity index (χ0v) is 20.6. The highest BCUT2D eigenvalue weighted by molar-refractivity contribution is 7.91. The lowest BCUT2D eigenvalue weighted by Gasteiger charge is -2.11. The predicted octanol–water partition coefficient (Wildman–Crippen LogP) is 2.65. The number of aromatic nitrogens is 2. The summed E-state index contributed by atoms with van der Waals surface area (Å²) >= 11 is 1.28. The van der Waals surface area contributed by atoms with Crippen molar-refractivity contribution in [3.8, 4) is 5.75 Å². The number of thiophene rings is 1. The molecule has 1 aliphatic carbocycles. The maximum absolute atomic E-state index is 12.7. The summed E-state index contributed by atoms with van der Waals surface area (Å²) in [5, 5.41) is 4.68. The zero-order chi connectivity index (χ0) is 24.3. The van der Waals surface area contributed by atoms with E-state index < -0.39 is 21.3 Å². The molecule has 0 saturated heterocycles. The Bertz CT molecular complexity index is 1350. The van der Waals surface area contributed by atoms with Crippen molar-refractivity contribution in [2.45, 2.75) is 37.7 Å². The van der Waals surface area contributed by atoms with E-state index in [-0.39, 0.29) is 30.1 Å². The van der Waals surface area contributed by atoms with Crippen LogP contribution in [0.4, 0.5) is 0 Å². The molecule has 2 unspecified atom stereocenters. The Hall–Kier alpha value is -2.76. The third kappa shape index (κ3) is 5.65. The minimum absolute atomic E-state index is 0.0486. The first kappa shape index (κ1) is 24.4. The molecular formula is C23H27N3O6S2. The highest BCUT2D eigenvalue weighted by Crippen LogP contribution is 2.31. The number of nitrogens with zero attached hydrogens (tertiary/aromatic N) is 1. The fourth-order valence-electron chi connectivity index (χ4n) is 4.17. The summed E-state index contributed by atoms with van der Waals surface area (Å²) in [5.74, 6) is 0.360. The highest BCUT2D eigenvalue weighted by Gasteiger charge is 2.31. The van der Waals surface area contributed by atoms with Crippen LogP contribution in [0.15, 0.2) is 34.4 Å². The number of aromatic amines is 1. The van der Waals surface area contributed by atoms with Crippen molar-refractivity contribution < 1.29 is 22.7 Å². The second-order valence-electron chi connectivity index (χ2n) is 8.54. The van der Waals surface area contributed by atoms with Crippen LogP contribution in [0.1, 0.15) is 41.0 Å². The SMILES string of the molecule is COc1cccc(CNC(=O)c2nc3scc(COCC4CCC(S(C)(=O)=O)C4)c3c(=O)[nH]2)c1. The van der Waals surface area contributed by atoms with Crippen LogP contribution in [0.5, 0.6) is 5.75 Å². The van der Waals surface area contributed by atoms with Crippen LogP contribution in [0.3, 0.4) is 0 Å². The molecule has 1 aliphatic rings. The fourth-order valence-corrected chi connectivity index (χ4v) is 6.29. The molecule has 3 aromatic rings. The first-order chi connectivity index (χ1) is 16.2. The third-order valence-electron chi connectivity index (χ3n) is 6.03. The van der Waals surface area contributed by atoms with Crippen molar-refractivity contribution in [1.82, 2.24) is 15.3 Å². The van der Waals surface area contributed by atoms with E-state index in [0.29, 0.717) is 41.0 Å². The van der Waals surface area contributed by atoms with E-state index in [9.17, 15) is 18.0 Å². The number of carbonyl (C=O) groups is 1. The number of rotatable bonds is 9. The molecule has 2 heterocycles. The maximum Gasteiger partial charge on any atom is 0.287 e. The molecule has 0 aliphatic heterocycles. The molecule has 34 heavy (non-hydrogen) atoms. The van der Waals surface area contributed by atoms with Crippen LogP contribution in [0.2, 0.25) is 0 Å². The van der Waals surface area contributed by atoms with E-state index in [1.807, 2.05) is 24.3 Å². The Kier molecular flexibility index (Phi) is 7.34. The smallest absolute Gasteiger partial charge is 0.287 e. The largest absolute Gasteiger partial charge is 0.497 e. The first-order valence-electron chi connectivity index (χ1n) is 10.9. The van der Waals surface area contributed by atoms with E-state index in [1.54, 1.807) is 12.5 Å². The molecule has 0 spiro atoms. The number of ether oxygens (including phenoxy) is 2. The second-order valence-corrected chi connectivity index (χ2v) is 11.7. The Balaban J connectivity index is 1.37. The van der Waals surface area contributed by atoms with E-state index >= 15 is 0 Å². The number of nitrogens with one attached hydrogen (secondary N) is 2. The minimum Gasteiger partial charge on any atom is -0.497 e. The summed E-state index contributed by atoms with van der Waals surface area (Å²) in [6.07, 6.45) is 3.38. The van der Waals surface area contributed by atoms with E-state index in [4.69, 9.17) is 9.47 Å². The van der Waals surface area contributed by atoms with Gasteiger partial charge in [-0.25, -0.2) is 13.4 Å². The number of methoxy groups -OCH3 is 1. The number of fused-ring (bicyclic) bond motifs is 1. The second kappa shape index (κ2) is 10.2. The molecule has 182 valence electrons. The summed E-state index contributed by atoms with van der Waals surface area (Å²) in [4.78, 5) is 32.6. The molecule has 2 atom stereocenters. The fraction of sp³-hybridized carbons (Fsp3) is 0.435. The quantitative estimate of drug-likeness (QED) is 0.458. The summed E-state index contributed by atoms with van der Waals surface area (Å²) in [5.41, 5.74) is 1.17. The van der Waals surface area contributed by atoms with E-state index in [0.717, 1.165) is 12.0 Å². The minimum atomic E-state index is -3.02. The van der Waals surface area contributed by atoms with Gasteiger partial charge in [-0.1, -0.05) is 12.1 Å². The molecule has 2 aromatic heterocycles. The van der Waals surface area contributed by atoms with E-state index in [2.05, 4.69) is 15.3 Å². The first-order valence-corrected chi connectivity index (χ1v) is 13.8. The summed E-state index contributed by atoms with van der Waals surface area (Å²) < 4.78 is 34.4. The van der Waals surface area contributed by atoms with Crippen molar-refractivity contribution in [2.75, 3.05) is 20.0 Å². The lowest BCUT2D eigenvalue weighted by atomic mass is 10.1. The van der Waals surface area contributed by atoms with Gasteiger partial charge in [0, 0.05) is 25.0 Å². The van der Waals surface area contributed by atoms with Gasteiger partial charge in [0.1, 0.15) is 20.4 Å². The molecule has 1 aromatic carbocycles. The molecule has 2 N–H and O–H groups in total. The molecule has 1 saturated carbocycles. The van der Waals surface area contributed by atoms with Gasteiger partial charge < -0.3 is 19.8 Å². The molecular weight excluding hydrogens is 478 g/mol. The van der Waals surface area contributed by atoms with E-state index in [1.165, 1.54) is 17.6 Å². The van der Waals surface area contributed by atoms with Gasteiger partial charge in [0.25, 0.3) is 11.5 Å². The molecule has 4 rings (SSSR count). The van der Waals surface area contributed by atoms with Crippen molar-refractivity contribution in [3.05, 3.63) is 57.0 Å². The number of benzene rings is 1. The standard InChI is InChI=1S/C23H27N3O6S2/c1-31-17-5-3-4-14(8-17)10-24-22(28)20-25-21(27)19-16(13-33-23(19)26-20)12-32-11-15-6-7-18(9-15)34(2,29)30/h3-5,8,13,15,18H,6-7,9-12H2,1-2H3,(H,24,28)(H,25,26,27). The molecule has 1 amide bonds. The third-order valence-corrected chi connectivity index (χ3v) is 8.59. The molecule has 0 bridgehead atoms. The van der Waals surface area contributed by atoms with Crippen molar-refractivity contribution in [1.29, 1.82) is 0 Å². The van der Waals surface area contributed by atoms with Crippen molar-refractivity contribution in [3.63, 3.8) is 0 Å². The Labute approximate surface area is 201 Å². The number of hydrogen-bond donors (Lipinski definition) is 2. The lowest BCUT2D eigenvalue weighted by Crippen LogP contribution is -2.27. The Morgan fingerprint density at radius 2 is 2.15 bits per heavy atom. The lowest BCUT2D eigenvalue weighted by molar-refractivity contribution is 0.0898.